The summed E-state index contributed by atoms with van der Waals surface area (Å²) in [7, 11) is 2.96. The Balaban J connectivity index is 1.72. The van der Waals surface area contributed by atoms with Crippen LogP contribution in [0.25, 0.3) is 6.08 Å². The van der Waals surface area contributed by atoms with Gasteiger partial charge in [-0.3, -0.25) is 19.3 Å². The average Bonchev–Trinajstić information content (AvgIpc) is 3.05. The van der Waals surface area contributed by atoms with Crippen LogP contribution in [0.5, 0.6) is 17.2 Å². The molecule has 3 rings (SSSR count). The Morgan fingerprint density at radius 3 is 2.59 bits per heavy atom. The van der Waals surface area contributed by atoms with Crippen LogP contribution in [0.4, 0.5) is 10.5 Å². The number of hydrogen-bond donors (Lipinski definition) is 1. The fourth-order valence-electron chi connectivity index (χ4n) is 2.88. The van der Waals surface area contributed by atoms with Crippen molar-refractivity contribution in [1.29, 1.82) is 0 Å². The minimum atomic E-state index is -0.554. The van der Waals surface area contributed by atoms with Crippen molar-refractivity contribution in [1.82, 2.24) is 4.90 Å². The summed E-state index contributed by atoms with van der Waals surface area (Å²) >= 11 is 0.759. The first-order valence-corrected chi connectivity index (χ1v) is 10.2. The molecule has 32 heavy (non-hydrogen) atoms. The van der Waals surface area contributed by atoms with Crippen LogP contribution in [0.1, 0.15) is 5.56 Å². The van der Waals surface area contributed by atoms with Gasteiger partial charge in [0.05, 0.1) is 24.8 Å². The predicted molar refractivity (Wildman–Crippen MR) is 122 cm³/mol. The van der Waals surface area contributed by atoms with Gasteiger partial charge < -0.3 is 19.5 Å². The van der Waals surface area contributed by atoms with Gasteiger partial charge in [0.2, 0.25) is 5.91 Å². The number of amides is 3. The molecule has 9 heteroatoms. The van der Waals surface area contributed by atoms with Gasteiger partial charge in [-0.05, 0) is 47.7 Å². The van der Waals surface area contributed by atoms with Crippen molar-refractivity contribution in [3.05, 3.63) is 52.9 Å². The molecule has 8 nitrogen and oxygen atoms in total. The predicted octanol–water partition coefficient (Wildman–Crippen LogP) is 3.39. The normalized spacial score (nSPS) is 14.3. The third kappa shape index (κ3) is 5.22. The van der Waals surface area contributed by atoms with Crippen LogP contribution in [0, 0.1) is 12.3 Å². The lowest BCUT2D eigenvalue weighted by Gasteiger charge is -2.14. The molecule has 1 aliphatic heterocycles. The van der Waals surface area contributed by atoms with Gasteiger partial charge >= 0.3 is 0 Å². The van der Waals surface area contributed by atoms with Gasteiger partial charge in [0.1, 0.15) is 18.9 Å². The van der Waals surface area contributed by atoms with E-state index in [9.17, 15) is 14.4 Å². The van der Waals surface area contributed by atoms with Gasteiger partial charge in [0, 0.05) is 0 Å². The lowest BCUT2D eigenvalue weighted by Crippen LogP contribution is -2.36. The molecule has 0 atom stereocenters. The van der Waals surface area contributed by atoms with Gasteiger partial charge in [0.15, 0.2) is 11.5 Å². The van der Waals surface area contributed by atoms with Crippen molar-refractivity contribution in [3.8, 4) is 29.6 Å². The van der Waals surface area contributed by atoms with E-state index in [2.05, 4.69) is 11.2 Å². The van der Waals surface area contributed by atoms with Gasteiger partial charge in [0.25, 0.3) is 11.1 Å². The maximum absolute atomic E-state index is 12.7. The van der Waals surface area contributed by atoms with E-state index < -0.39 is 23.6 Å². The monoisotopic (exact) mass is 452 g/mol. The van der Waals surface area contributed by atoms with Crippen LogP contribution in [-0.4, -0.2) is 49.3 Å². The molecule has 1 N–H and O–H groups in total. The topological polar surface area (TPSA) is 94.2 Å². The van der Waals surface area contributed by atoms with Gasteiger partial charge in [-0.15, -0.1) is 6.42 Å². The number of terminal acetylenes is 1. The molecule has 1 fully saturated rings. The van der Waals surface area contributed by atoms with Crippen molar-refractivity contribution < 1.29 is 28.6 Å². The molecular weight excluding hydrogens is 432 g/mol. The Kier molecular flexibility index (Phi) is 7.41. The second kappa shape index (κ2) is 10.4. The smallest absolute Gasteiger partial charge is 0.294 e. The molecule has 0 saturated carbocycles. The molecule has 0 radical (unpaired) electrons. The minimum Gasteiger partial charge on any atom is -0.495 e. The Morgan fingerprint density at radius 1 is 1.12 bits per heavy atom. The first-order chi connectivity index (χ1) is 15.5. The van der Waals surface area contributed by atoms with Crippen molar-refractivity contribution in [2.45, 2.75) is 0 Å². The molecule has 0 unspecified atom stereocenters. The number of para-hydroxylation sites is 2. The second-order valence-electron chi connectivity index (χ2n) is 6.42. The first kappa shape index (κ1) is 22.8. The maximum atomic E-state index is 12.7. The molecular formula is C23H20N2O6S. The average molecular weight is 452 g/mol. The van der Waals surface area contributed by atoms with Gasteiger partial charge in [-0.25, -0.2) is 0 Å². The van der Waals surface area contributed by atoms with E-state index in [-0.39, 0.29) is 11.5 Å². The van der Waals surface area contributed by atoms with Crippen LogP contribution in [-0.2, 0) is 9.59 Å². The molecule has 2 aromatic carbocycles. The number of nitrogens with zero attached hydrogens (tertiary/aromatic N) is 1. The molecule has 1 heterocycles. The zero-order chi connectivity index (χ0) is 23.1. The number of ether oxygens (including phenoxy) is 3. The van der Waals surface area contributed by atoms with Crippen molar-refractivity contribution in [3.63, 3.8) is 0 Å². The van der Waals surface area contributed by atoms with E-state index in [1.54, 1.807) is 48.5 Å². The molecule has 164 valence electrons. The number of imide groups is 1. The highest BCUT2D eigenvalue weighted by molar-refractivity contribution is 8.18. The van der Waals surface area contributed by atoms with E-state index in [0.717, 1.165) is 16.7 Å². The van der Waals surface area contributed by atoms with Gasteiger partial charge in [-0.1, -0.05) is 24.1 Å². The number of carbonyl (C=O) groups excluding carboxylic acids is 3. The molecule has 1 aliphatic rings. The van der Waals surface area contributed by atoms with E-state index in [1.165, 1.54) is 14.2 Å². The van der Waals surface area contributed by atoms with E-state index >= 15 is 0 Å². The summed E-state index contributed by atoms with van der Waals surface area (Å²) in [6.45, 7) is -0.326. The summed E-state index contributed by atoms with van der Waals surface area (Å²) in [4.78, 5) is 38.6. The Morgan fingerprint density at radius 2 is 1.88 bits per heavy atom. The molecule has 0 spiro atoms. The summed E-state index contributed by atoms with van der Waals surface area (Å²) in [5.41, 5.74) is 1.07. The number of carbonyl (C=O) groups is 3. The van der Waals surface area contributed by atoms with Gasteiger partial charge in [-0.2, -0.15) is 0 Å². The van der Waals surface area contributed by atoms with Crippen LogP contribution in [0.15, 0.2) is 47.4 Å². The van der Waals surface area contributed by atoms with Crippen molar-refractivity contribution in [2.24, 2.45) is 0 Å². The number of methoxy groups -OCH3 is 2. The van der Waals surface area contributed by atoms with Crippen LogP contribution in [0.3, 0.4) is 0 Å². The third-order valence-electron chi connectivity index (χ3n) is 4.35. The number of benzene rings is 2. The number of thioether (sulfide) groups is 1. The highest BCUT2D eigenvalue weighted by atomic mass is 32.2. The minimum absolute atomic E-state index is 0.0888. The van der Waals surface area contributed by atoms with Crippen LogP contribution < -0.4 is 19.5 Å². The number of anilines is 1. The second-order valence-corrected chi connectivity index (χ2v) is 7.41. The number of hydrogen-bond acceptors (Lipinski definition) is 7. The zero-order valence-corrected chi connectivity index (χ0v) is 18.2. The lowest BCUT2D eigenvalue weighted by atomic mass is 10.2. The molecule has 0 bridgehead atoms. The van der Waals surface area contributed by atoms with Crippen LogP contribution in [0.2, 0.25) is 0 Å². The Hall–Kier alpha value is -3.90. The SMILES string of the molecule is C#CCOc1ccc(/C=C2\SC(=O)N(CC(=O)Nc3ccccc3OC)C2=O)cc1OC. The lowest BCUT2D eigenvalue weighted by molar-refractivity contribution is -0.127. The van der Waals surface area contributed by atoms with Crippen LogP contribution >= 0.6 is 11.8 Å². The Labute approximate surface area is 189 Å². The maximum Gasteiger partial charge on any atom is 0.294 e. The van der Waals surface area contributed by atoms with Crippen molar-refractivity contribution >= 4 is 40.6 Å². The zero-order valence-electron chi connectivity index (χ0n) is 17.4. The quantitative estimate of drug-likeness (QED) is 0.485. The highest BCUT2D eigenvalue weighted by Crippen LogP contribution is 2.34. The fourth-order valence-corrected chi connectivity index (χ4v) is 3.72. The number of rotatable bonds is 8. The third-order valence-corrected chi connectivity index (χ3v) is 5.26. The molecule has 1 saturated heterocycles. The highest BCUT2D eigenvalue weighted by Gasteiger charge is 2.36. The van der Waals surface area contributed by atoms with Crippen molar-refractivity contribution in [2.75, 3.05) is 32.7 Å². The summed E-state index contributed by atoms with van der Waals surface area (Å²) < 4.78 is 15.9. The fraction of sp³-hybridized carbons (Fsp3) is 0.174. The van der Waals surface area contributed by atoms with E-state index in [4.69, 9.17) is 20.6 Å². The van der Waals surface area contributed by atoms with E-state index in [1.807, 2.05) is 0 Å². The largest absolute Gasteiger partial charge is 0.495 e. The molecule has 2 aromatic rings. The van der Waals surface area contributed by atoms with E-state index in [0.29, 0.717) is 28.5 Å². The molecule has 0 aliphatic carbocycles. The first-order valence-electron chi connectivity index (χ1n) is 9.39. The summed E-state index contributed by atoms with van der Waals surface area (Å²) in [5, 5.41) is 2.12. The number of nitrogens with one attached hydrogen (secondary N) is 1. The molecule has 3 amide bonds. The Bertz CT molecular complexity index is 1120. The summed E-state index contributed by atoms with van der Waals surface area (Å²) in [6, 6.07) is 11.9. The summed E-state index contributed by atoms with van der Waals surface area (Å²) in [6.07, 6.45) is 6.76. The molecule has 0 aromatic heterocycles. The standard InChI is InChI=1S/C23H20N2O6S/c1-4-11-31-18-10-9-15(12-19(18)30-3)13-20-22(27)25(23(28)32-20)14-21(26)24-16-7-5-6-8-17(16)29-2/h1,5-10,12-13H,11,14H2,2-3H3,(H,24,26)/b20-13-. The summed E-state index contributed by atoms with van der Waals surface area (Å²) in [5.74, 6) is 2.67.